The topological polar surface area (TPSA) is 0 Å². The molecule has 0 fully saturated rings. The molecule has 0 unspecified atom stereocenters. The van der Waals surface area contributed by atoms with E-state index in [0.29, 0.717) is 0 Å². The molecule has 0 bridgehead atoms. The fourth-order valence-electron chi connectivity index (χ4n) is 2.37. The van der Waals surface area contributed by atoms with Gasteiger partial charge in [-0.1, -0.05) is 91.5 Å². The molecule has 0 aliphatic carbocycles. The van der Waals surface area contributed by atoms with Crippen LogP contribution in [0.2, 0.25) is 5.02 Å². The Bertz CT molecular complexity index is 577. The Morgan fingerprint density at radius 3 is 2.30 bits per heavy atom. The first-order chi connectivity index (χ1) is 9.61. The van der Waals surface area contributed by atoms with Crippen LogP contribution in [0.3, 0.4) is 0 Å². The highest BCUT2D eigenvalue weighted by Gasteiger charge is 2.31. The molecule has 0 heterocycles. The second kappa shape index (κ2) is 7.11. The molecular weight excluding hydrogens is 399 g/mol. The lowest BCUT2D eigenvalue weighted by molar-refractivity contribution is 0.551. The predicted octanol–water partition coefficient (Wildman–Crippen LogP) is 5.92. The molecule has 20 heavy (non-hydrogen) atoms. The molecule has 2 aromatic carbocycles. The summed E-state index contributed by atoms with van der Waals surface area (Å²) in [6, 6.07) is 16.8. The Morgan fingerprint density at radius 2 is 1.70 bits per heavy atom. The smallest absolute Gasteiger partial charge is 0.0438 e. The summed E-state index contributed by atoms with van der Waals surface area (Å²) in [6.45, 7) is 2.13. The molecule has 2 rings (SSSR count). The first-order valence-corrected chi connectivity index (χ1v) is 9.16. The van der Waals surface area contributed by atoms with E-state index < -0.39 is 0 Å². The molecule has 0 nitrogen and oxygen atoms in total. The van der Waals surface area contributed by atoms with Crippen LogP contribution in [0.25, 0.3) is 0 Å². The third-order valence-corrected chi connectivity index (χ3v) is 6.14. The lowest BCUT2D eigenvalue weighted by Crippen LogP contribution is -2.33. The Labute approximate surface area is 142 Å². The fraction of sp³-hybridized carbons (Fsp3) is 0.294. The number of aryl methyl sites for hydroxylation is 1. The number of hydrogen-bond acceptors (Lipinski definition) is 0. The maximum absolute atomic E-state index is 6.33. The van der Waals surface area contributed by atoms with Crippen molar-refractivity contribution in [1.29, 1.82) is 0 Å². The van der Waals surface area contributed by atoms with Gasteiger partial charge in [-0.25, -0.2) is 0 Å². The van der Waals surface area contributed by atoms with Gasteiger partial charge in [0, 0.05) is 21.1 Å². The van der Waals surface area contributed by atoms with E-state index in [1.54, 1.807) is 0 Å². The molecule has 0 amide bonds. The molecular formula is C17H17Br2Cl. The lowest BCUT2D eigenvalue weighted by Gasteiger charge is -2.31. The summed E-state index contributed by atoms with van der Waals surface area (Å²) >= 11 is 13.7. The Hall–Kier alpha value is -0.310. The Kier molecular flexibility index (Phi) is 5.71. The zero-order chi connectivity index (χ0) is 14.6. The van der Waals surface area contributed by atoms with Crippen LogP contribution in [-0.4, -0.2) is 10.7 Å². The van der Waals surface area contributed by atoms with Crippen LogP contribution in [0.15, 0.2) is 48.5 Å². The Morgan fingerprint density at radius 1 is 1.00 bits per heavy atom. The maximum atomic E-state index is 6.33. The predicted molar refractivity (Wildman–Crippen MR) is 95.6 cm³/mol. The molecule has 0 N–H and O–H groups in total. The molecule has 106 valence electrons. The minimum absolute atomic E-state index is 0.0109. The van der Waals surface area contributed by atoms with Gasteiger partial charge in [0.25, 0.3) is 0 Å². The van der Waals surface area contributed by atoms with Crippen LogP contribution in [0.4, 0.5) is 0 Å². The van der Waals surface area contributed by atoms with Gasteiger partial charge in [0.15, 0.2) is 0 Å². The summed E-state index contributed by atoms with van der Waals surface area (Å²) in [5, 5.41) is 2.62. The van der Waals surface area contributed by atoms with Crippen molar-refractivity contribution in [1.82, 2.24) is 0 Å². The highest BCUT2D eigenvalue weighted by molar-refractivity contribution is 9.09. The third-order valence-electron chi connectivity index (χ3n) is 3.63. The van der Waals surface area contributed by atoms with Crippen molar-refractivity contribution >= 4 is 43.5 Å². The van der Waals surface area contributed by atoms with Gasteiger partial charge in [-0.05, 0) is 30.5 Å². The van der Waals surface area contributed by atoms with Crippen molar-refractivity contribution < 1.29 is 0 Å². The highest BCUT2D eigenvalue weighted by atomic mass is 79.9. The van der Waals surface area contributed by atoms with Gasteiger partial charge in [-0.2, -0.15) is 0 Å². The summed E-state index contributed by atoms with van der Waals surface area (Å²) in [6.07, 6.45) is 0.909. The summed E-state index contributed by atoms with van der Waals surface area (Å²) in [5.41, 5.74) is 3.82. The summed E-state index contributed by atoms with van der Waals surface area (Å²) in [5.74, 6) is 0. The minimum Gasteiger partial charge on any atom is -0.0918 e. The van der Waals surface area contributed by atoms with Gasteiger partial charge in [-0.3, -0.25) is 0 Å². The second-order valence-electron chi connectivity index (χ2n) is 5.19. The number of benzene rings is 2. The highest BCUT2D eigenvalue weighted by Crippen LogP contribution is 2.35. The molecule has 0 saturated heterocycles. The standard InChI is InChI=1S/C17H17Br2Cl/c1-13-5-4-7-15(9-13)17(11-18,12-19)10-14-6-2-3-8-16(14)20/h2-9H,10-12H2,1H3. The van der Waals surface area contributed by atoms with E-state index in [0.717, 1.165) is 22.1 Å². The third kappa shape index (κ3) is 3.47. The quantitative estimate of drug-likeness (QED) is 0.531. The normalized spacial score (nSPS) is 11.6. The van der Waals surface area contributed by atoms with E-state index in [1.165, 1.54) is 16.7 Å². The first kappa shape index (κ1) is 16.1. The van der Waals surface area contributed by atoms with Crippen molar-refractivity contribution in [3.8, 4) is 0 Å². The largest absolute Gasteiger partial charge is 0.0918 e. The van der Waals surface area contributed by atoms with Gasteiger partial charge in [0.1, 0.15) is 0 Å². The average Bonchev–Trinajstić information content (AvgIpc) is 2.47. The fourth-order valence-corrected chi connectivity index (χ4v) is 4.54. The molecule has 0 saturated carbocycles. The molecule has 0 spiro atoms. The molecule has 0 aromatic heterocycles. The van der Waals surface area contributed by atoms with Crippen LogP contribution < -0.4 is 0 Å². The average molecular weight is 417 g/mol. The number of rotatable bonds is 5. The van der Waals surface area contributed by atoms with Crippen molar-refractivity contribution in [3.05, 3.63) is 70.2 Å². The summed E-state index contributed by atoms with van der Waals surface area (Å²) in [7, 11) is 0. The zero-order valence-corrected chi connectivity index (χ0v) is 15.3. The lowest BCUT2D eigenvalue weighted by atomic mass is 9.78. The summed E-state index contributed by atoms with van der Waals surface area (Å²) < 4.78 is 0. The van der Waals surface area contributed by atoms with Gasteiger partial charge in [-0.15, -0.1) is 0 Å². The molecule has 3 heteroatoms. The van der Waals surface area contributed by atoms with E-state index in [9.17, 15) is 0 Å². The van der Waals surface area contributed by atoms with Crippen LogP contribution in [-0.2, 0) is 11.8 Å². The van der Waals surface area contributed by atoms with E-state index in [1.807, 2.05) is 18.2 Å². The molecule has 0 radical (unpaired) electrons. The van der Waals surface area contributed by atoms with E-state index >= 15 is 0 Å². The minimum atomic E-state index is 0.0109. The van der Waals surface area contributed by atoms with Crippen molar-refractivity contribution in [2.75, 3.05) is 10.7 Å². The first-order valence-electron chi connectivity index (χ1n) is 6.54. The van der Waals surface area contributed by atoms with Crippen molar-refractivity contribution in [3.63, 3.8) is 0 Å². The number of alkyl halides is 2. The molecule has 2 aromatic rings. The molecule has 0 aliphatic rings. The zero-order valence-electron chi connectivity index (χ0n) is 11.4. The van der Waals surface area contributed by atoms with Gasteiger partial charge in [0.05, 0.1) is 0 Å². The van der Waals surface area contributed by atoms with E-state index in [4.69, 9.17) is 11.6 Å². The van der Waals surface area contributed by atoms with Gasteiger partial charge < -0.3 is 0 Å². The SMILES string of the molecule is Cc1cccc(C(CBr)(CBr)Cc2ccccc2Cl)c1. The summed E-state index contributed by atoms with van der Waals surface area (Å²) in [4.78, 5) is 0. The monoisotopic (exact) mass is 414 g/mol. The van der Waals surface area contributed by atoms with Gasteiger partial charge in [0.2, 0.25) is 0 Å². The second-order valence-corrected chi connectivity index (χ2v) is 6.71. The number of hydrogen-bond donors (Lipinski definition) is 0. The van der Waals surface area contributed by atoms with Crippen molar-refractivity contribution in [2.45, 2.75) is 18.8 Å². The molecule has 0 atom stereocenters. The Balaban J connectivity index is 2.42. The molecule has 0 aliphatic heterocycles. The number of halogens is 3. The van der Waals surface area contributed by atoms with Crippen molar-refractivity contribution in [2.24, 2.45) is 0 Å². The van der Waals surface area contributed by atoms with Crippen LogP contribution in [0.1, 0.15) is 16.7 Å². The van der Waals surface area contributed by atoms with Crippen LogP contribution >= 0.6 is 43.5 Å². The maximum Gasteiger partial charge on any atom is 0.0438 e. The van der Waals surface area contributed by atoms with Crippen LogP contribution in [0, 0.1) is 6.92 Å². The van der Waals surface area contributed by atoms with E-state index in [2.05, 4.69) is 69.1 Å². The van der Waals surface area contributed by atoms with Crippen LogP contribution in [0.5, 0.6) is 0 Å². The van der Waals surface area contributed by atoms with Gasteiger partial charge >= 0.3 is 0 Å². The van der Waals surface area contributed by atoms with E-state index in [-0.39, 0.29) is 5.41 Å².